The number of amides is 2. The van der Waals surface area contributed by atoms with Crippen molar-refractivity contribution >= 4 is 23.5 Å². The third-order valence-electron chi connectivity index (χ3n) is 4.70. The van der Waals surface area contributed by atoms with Gasteiger partial charge in [0.1, 0.15) is 5.75 Å². The fourth-order valence-corrected chi connectivity index (χ4v) is 3.34. The number of rotatable bonds is 2. The van der Waals surface area contributed by atoms with E-state index >= 15 is 0 Å². The molecule has 2 aliphatic rings. The van der Waals surface area contributed by atoms with Crippen LogP contribution in [0.1, 0.15) is 33.6 Å². The van der Waals surface area contributed by atoms with E-state index in [9.17, 15) is 14.4 Å². The van der Waals surface area contributed by atoms with Crippen molar-refractivity contribution < 1.29 is 19.1 Å². The second kappa shape index (κ2) is 5.65. The average molecular weight is 313 g/mol. The zero-order chi connectivity index (χ0) is 16.7. The number of carbonyl (C=O) groups is 3. The van der Waals surface area contributed by atoms with Gasteiger partial charge in [0.05, 0.1) is 17.5 Å². The van der Waals surface area contributed by atoms with E-state index in [-0.39, 0.29) is 23.7 Å². The molecule has 0 spiro atoms. The van der Waals surface area contributed by atoms with Crippen LogP contribution in [0.5, 0.6) is 5.75 Å². The molecule has 0 aromatic heterocycles. The SMILES string of the molecule is CC(=O)Oc1ccc(N2C(=O)[C@H]3CC(C)=C(C)C[C@@H]3C2=O)cc1. The first-order chi connectivity index (χ1) is 10.9. The van der Waals surface area contributed by atoms with Gasteiger partial charge in [0.25, 0.3) is 0 Å². The molecular weight excluding hydrogens is 294 g/mol. The molecule has 120 valence electrons. The van der Waals surface area contributed by atoms with Crippen LogP contribution in [0.3, 0.4) is 0 Å². The van der Waals surface area contributed by atoms with Crippen LogP contribution in [0.4, 0.5) is 5.69 Å². The topological polar surface area (TPSA) is 63.7 Å². The van der Waals surface area contributed by atoms with E-state index in [1.165, 1.54) is 23.0 Å². The summed E-state index contributed by atoms with van der Waals surface area (Å²) in [5.41, 5.74) is 2.94. The summed E-state index contributed by atoms with van der Waals surface area (Å²) in [5, 5.41) is 0. The van der Waals surface area contributed by atoms with Crippen molar-refractivity contribution in [2.75, 3.05) is 4.90 Å². The third-order valence-corrected chi connectivity index (χ3v) is 4.70. The standard InChI is InChI=1S/C18H19NO4/c1-10-8-15-16(9-11(10)2)18(22)19(17(15)21)13-4-6-14(7-5-13)23-12(3)20/h4-7,15-16H,8-9H2,1-3H3/t15-,16-/m0/s1. The van der Waals surface area contributed by atoms with E-state index in [2.05, 4.69) is 0 Å². The summed E-state index contributed by atoms with van der Waals surface area (Å²) in [6.07, 6.45) is 1.31. The van der Waals surface area contributed by atoms with Crippen molar-refractivity contribution in [1.29, 1.82) is 0 Å². The van der Waals surface area contributed by atoms with E-state index in [0.29, 0.717) is 24.3 Å². The minimum Gasteiger partial charge on any atom is -0.427 e. The molecule has 0 unspecified atom stereocenters. The van der Waals surface area contributed by atoms with Gasteiger partial charge >= 0.3 is 5.97 Å². The molecule has 0 radical (unpaired) electrons. The van der Waals surface area contributed by atoms with Crippen molar-refractivity contribution in [2.45, 2.75) is 33.6 Å². The van der Waals surface area contributed by atoms with Gasteiger partial charge in [-0.25, -0.2) is 0 Å². The lowest BCUT2D eigenvalue weighted by molar-refractivity contribution is -0.132. The molecule has 2 atom stereocenters. The Morgan fingerprint density at radius 2 is 1.48 bits per heavy atom. The Hall–Kier alpha value is -2.43. The first kappa shape index (κ1) is 15.5. The molecule has 1 aromatic rings. The first-order valence-electron chi connectivity index (χ1n) is 7.70. The highest BCUT2D eigenvalue weighted by Crippen LogP contribution is 2.42. The van der Waals surface area contributed by atoms with Crippen LogP contribution in [0.25, 0.3) is 0 Å². The first-order valence-corrected chi connectivity index (χ1v) is 7.70. The quantitative estimate of drug-likeness (QED) is 0.364. The summed E-state index contributed by atoms with van der Waals surface area (Å²) in [7, 11) is 0. The van der Waals surface area contributed by atoms with Gasteiger partial charge in [-0.3, -0.25) is 19.3 Å². The lowest BCUT2D eigenvalue weighted by Gasteiger charge is -2.23. The van der Waals surface area contributed by atoms with Crippen molar-refractivity contribution in [3.05, 3.63) is 35.4 Å². The number of allylic oxidation sites excluding steroid dienone is 2. The number of fused-ring (bicyclic) bond motifs is 1. The molecule has 1 heterocycles. The second-order valence-corrected chi connectivity index (χ2v) is 6.28. The monoisotopic (exact) mass is 313 g/mol. The van der Waals surface area contributed by atoms with Gasteiger partial charge in [0.15, 0.2) is 0 Å². The molecule has 1 aliphatic heterocycles. The van der Waals surface area contributed by atoms with Crippen LogP contribution in [-0.2, 0) is 14.4 Å². The molecule has 0 bridgehead atoms. The van der Waals surface area contributed by atoms with Gasteiger partial charge in [-0.2, -0.15) is 0 Å². The second-order valence-electron chi connectivity index (χ2n) is 6.28. The van der Waals surface area contributed by atoms with Crippen LogP contribution in [0, 0.1) is 11.8 Å². The Kier molecular flexibility index (Phi) is 3.80. The Bertz CT molecular complexity index is 685. The Morgan fingerprint density at radius 3 is 1.91 bits per heavy atom. The molecule has 1 fully saturated rings. The molecule has 5 heteroatoms. The molecular formula is C18H19NO4. The molecule has 0 N–H and O–H groups in total. The Morgan fingerprint density at radius 1 is 1.00 bits per heavy atom. The number of hydrogen-bond donors (Lipinski definition) is 0. The van der Waals surface area contributed by atoms with Crippen molar-refractivity contribution in [3.63, 3.8) is 0 Å². The summed E-state index contributed by atoms with van der Waals surface area (Å²) in [6, 6.07) is 6.46. The summed E-state index contributed by atoms with van der Waals surface area (Å²) >= 11 is 0. The van der Waals surface area contributed by atoms with Crippen LogP contribution < -0.4 is 9.64 Å². The van der Waals surface area contributed by atoms with Gasteiger partial charge in [0, 0.05) is 6.92 Å². The minimum atomic E-state index is -0.408. The lowest BCUT2D eigenvalue weighted by Crippen LogP contribution is -2.30. The maximum absolute atomic E-state index is 12.7. The molecule has 2 amide bonds. The molecule has 5 nitrogen and oxygen atoms in total. The molecule has 1 aliphatic carbocycles. The number of hydrogen-bond acceptors (Lipinski definition) is 4. The van der Waals surface area contributed by atoms with E-state index in [4.69, 9.17) is 4.74 Å². The highest BCUT2D eigenvalue weighted by Gasteiger charge is 2.49. The van der Waals surface area contributed by atoms with Gasteiger partial charge in [-0.15, -0.1) is 0 Å². The number of ether oxygens (including phenoxy) is 1. The van der Waals surface area contributed by atoms with E-state index in [0.717, 1.165) is 0 Å². The summed E-state index contributed by atoms with van der Waals surface area (Å²) in [5.74, 6) is -0.780. The van der Waals surface area contributed by atoms with Gasteiger partial charge in [0.2, 0.25) is 11.8 Å². The summed E-state index contributed by atoms with van der Waals surface area (Å²) in [4.78, 5) is 37.5. The van der Waals surface area contributed by atoms with Crippen LogP contribution >= 0.6 is 0 Å². The highest BCUT2D eigenvalue weighted by atomic mass is 16.5. The largest absolute Gasteiger partial charge is 0.427 e. The molecule has 1 aromatic carbocycles. The smallest absolute Gasteiger partial charge is 0.308 e. The zero-order valence-corrected chi connectivity index (χ0v) is 13.5. The molecule has 3 rings (SSSR count). The van der Waals surface area contributed by atoms with Crippen LogP contribution in [0.15, 0.2) is 35.4 Å². The number of carbonyl (C=O) groups excluding carboxylic acids is 3. The number of anilines is 1. The predicted molar refractivity (Wildman–Crippen MR) is 84.8 cm³/mol. The van der Waals surface area contributed by atoms with E-state index < -0.39 is 5.97 Å². The molecule has 0 saturated carbocycles. The van der Waals surface area contributed by atoms with Gasteiger partial charge in [-0.1, -0.05) is 11.1 Å². The Labute approximate surface area is 134 Å². The minimum absolute atomic E-state index is 0.132. The Balaban J connectivity index is 1.86. The predicted octanol–water partition coefficient (Wildman–Crippen LogP) is 2.85. The van der Waals surface area contributed by atoms with Gasteiger partial charge < -0.3 is 4.74 Å². The molecule has 23 heavy (non-hydrogen) atoms. The van der Waals surface area contributed by atoms with E-state index in [1.54, 1.807) is 24.3 Å². The van der Waals surface area contributed by atoms with Crippen molar-refractivity contribution in [1.82, 2.24) is 0 Å². The molecule has 1 saturated heterocycles. The fraction of sp³-hybridized carbons (Fsp3) is 0.389. The van der Waals surface area contributed by atoms with Gasteiger partial charge in [-0.05, 0) is 51.0 Å². The summed E-state index contributed by atoms with van der Waals surface area (Å²) < 4.78 is 4.97. The fourth-order valence-electron chi connectivity index (χ4n) is 3.34. The average Bonchev–Trinajstić information content (AvgIpc) is 2.72. The number of nitrogens with zero attached hydrogens (tertiary/aromatic N) is 1. The van der Waals surface area contributed by atoms with Crippen LogP contribution in [-0.4, -0.2) is 17.8 Å². The van der Waals surface area contributed by atoms with Crippen molar-refractivity contribution in [2.24, 2.45) is 11.8 Å². The number of imide groups is 1. The maximum Gasteiger partial charge on any atom is 0.308 e. The number of esters is 1. The van der Waals surface area contributed by atoms with E-state index in [1.807, 2.05) is 13.8 Å². The van der Waals surface area contributed by atoms with Crippen LogP contribution in [0.2, 0.25) is 0 Å². The highest BCUT2D eigenvalue weighted by molar-refractivity contribution is 6.22. The van der Waals surface area contributed by atoms with Crippen molar-refractivity contribution in [3.8, 4) is 5.75 Å². The number of benzene rings is 1. The normalized spacial score (nSPS) is 24.0. The third kappa shape index (κ3) is 2.67. The zero-order valence-electron chi connectivity index (χ0n) is 13.5. The maximum atomic E-state index is 12.7. The summed E-state index contributed by atoms with van der Waals surface area (Å²) in [6.45, 7) is 5.38. The lowest BCUT2D eigenvalue weighted by atomic mass is 9.78.